The van der Waals surface area contributed by atoms with Gasteiger partial charge in [-0.3, -0.25) is 10.2 Å². The molecule has 1 atom stereocenters. The van der Waals surface area contributed by atoms with E-state index in [1.807, 2.05) is 26.8 Å². The first kappa shape index (κ1) is 27.4. The van der Waals surface area contributed by atoms with Crippen molar-refractivity contribution in [1.82, 2.24) is 14.9 Å². The van der Waals surface area contributed by atoms with Gasteiger partial charge in [-0.05, 0) is 30.4 Å². The maximum absolute atomic E-state index is 13.0. The molecule has 1 aromatic carbocycles. The molecule has 0 saturated carbocycles. The first-order chi connectivity index (χ1) is 17.2. The molecule has 12 heteroatoms. The lowest BCUT2D eigenvalue weighted by Crippen LogP contribution is -2.46. The third-order valence-corrected chi connectivity index (χ3v) is 5.70. The van der Waals surface area contributed by atoms with Crippen molar-refractivity contribution in [2.24, 2.45) is 5.41 Å². The molecule has 0 bridgehead atoms. The van der Waals surface area contributed by atoms with Gasteiger partial charge in [-0.1, -0.05) is 32.9 Å². The molecule has 0 radical (unpaired) electrons. The summed E-state index contributed by atoms with van der Waals surface area (Å²) in [7, 11) is 0. The zero-order valence-electron chi connectivity index (χ0n) is 20.6. The van der Waals surface area contributed by atoms with Gasteiger partial charge in [-0.25, -0.2) is 9.97 Å². The first-order valence-corrected chi connectivity index (χ1v) is 11.5. The highest BCUT2D eigenvalue weighted by atomic mass is 19.4. The van der Waals surface area contributed by atoms with Crippen LogP contribution in [0.2, 0.25) is 0 Å². The molecule has 1 unspecified atom stereocenters. The van der Waals surface area contributed by atoms with Crippen molar-refractivity contribution in [3.8, 4) is 11.8 Å². The number of carbonyl (C=O) groups is 1. The van der Waals surface area contributed by atoms with Crippen LogP contribution in [0.5, 0.6) is 5.75 Å². The molecule has 5 N–H and O–H groups in total. The molecule has 1 amide bonds. The van der Waals surface area contributed by atoms with Crippen molar-refractivity contribution in [3.05, 3.63) is 52.9 Å². The maximum Gasteiger partial charge on any atom is 0.419 e. The zero-order chi connectivity index (χ0) is 27.5. The van der Waals surface area contributed by atoms with E-state index in [4.69, 9.17) is 11.1 Å². The van der Waals surface area contributed by atoms with Gasteiger partial charge in [0.25, 0.3) is 5.91 Å². The molecule has 1 saturated heterocycles. The van der Waals surface area contributed by atoms with Gasteiger partial charge in [0.05, 0.1) is 16.8 Å². The predicted molar refractivity (Wildman–Crippen MR) is 132 cm³/mol. The number of nitrogens with zero attached hydrogens (tertiary/aromatic N) is 4. The fourth-order valence-corrected chi connectivity index (χ4v) is 4.04. The average molecular weight is 516 g/mol. The van der Waals surface area contributed by atoms with Gasteiger partial charge in [0.1, 0.15) is 35.4 Å². The second-order valence-corrected chi connectivity index (χ2v) is 9.86. The molecule has 9 nitrogen and oxygen atoms in total. The van der Waals surface area contributed by atoms with E-state index >= 15 is 0 Å². The normalized spacial score (nSPS) is 16.7. The van der Waals surface area contributed by atoms with Crippen LogP contribution in [0.3, 0.4) is 0 Å². The number of hydrogen-bond acceptors (Lipinski definition) is 8. The number of likely N-dealkylation sites (tertiary alicyclic amines) is 1. The highest BCUT2D eigenvalue weighted by Crippen LogP contribution is 2.36. The Bertz CT molecular complexity index is 1280. The van der Waals surface area contributed by atoms with E-state index in [2.05, 4.69) is 15.3 Å². The minimum atomic E-state index is -4.75. The van der Waals surface area contributed by atoms with Crippen LogP contribution in [-0.4, -0.2) is 50.7 Å². The summed E-state index contributed by atoms with van der Waals surface area (Å²) in [6, 6.07) is 4.28. The zero-order valence-corrected chi connectivity index (χ0v) is 20.6. The Morgan fingerprint density at radius 1 is 1.32 bits per heavy atom. The molecule has 0 aliphatic carbocycles. The lowest BCUT2D eigenvalue weighted by molar-refractivity contribution is -0.138. The van der Waals surface area contributed by atoms with Crippen molar-refractivity contribution in [2.75, 3.05) is 24.1 Å². The smallest absolute Gasteiger partial charge is 0.419 e. The van der Waals surface area contributed by atoms with Crippen molar-refractivity contribution >= 4 is 23.3 Å². The number of alkyl halides is 3. The molecule has 0 spiro atoms. The summed E-state index contributed by atoms with van der Waals surface area (Å²) >= 11 is 0. The molecular formula is C25H28F3N7O2. The number of aromatic nitrogens is 2. The Morgan fingerprint density at radius 3 is 2.62 bits per heavy atom. The summed E-state index contributed by atoms with van der Waals surface area (Å²) in [5, 5.41) is 31.1. The quantitative estimate of drug-likeness (QED) is 0.266. The molecule has 2 heterocycles. The summed E-state index contributed by atoms with van der Waals surface area (Å²) < 4.78 is 39.1. The third-order valence-electron chi connectivity index (χ3n) is 5.70. The average Bonchev–Trinajstić information content (AvgIpc) is 2.80. The Labute approximate surface area is 212 Å². The standard InChI is InChI=1S/C25H28F3N7O2/c1-24(2,3)10-15(11-29)23(37)35-8-4-5-16(12-35)34-22-19(21(31)32-13-33-22)20(30)14-6-7-17(18(36)9-14)25(26,27)28/h6-7,9-10,13,16,30,36H,4-5,8,12H2,1-3H3,(H3,31,32,33,34)/b15-10+,30-20?. The molecule has 2 aromatic rings. The van der Waals surface area contributed by atoms with Crippen LogP contribution in [0, 0.1) is 22.2 Å². The number of aromatic hydroxyl groups is 1. The number of carbonyl (C=O) groups excluding carboxylic acids is 1. The third kappa shape index (κ3) is 6.55. The van der Waals surface area contributed by atoms with Crippen molar-refractivity contribution < 1.29 is 23.1 Å². The summed E-state index contributed by atoms with van der Waals surface area (Å²) in [6.45, 7) is 6.42. The van der Waals surface area contributed by atoms with Crippen LogP contribution in [0.15, 0.2) is 36.2 Å². The molecule has 1 aromatic heterocycles. The number of hydrogen-bond donors (Lipinski definition) is 4. The first-order valence-electron chi connectivity index (χ1n) is 11.5. The van der Waals surface area contributed by atoms with Crippen LogP contribution in [0.1, 0.15) is 50.3 Å². The fourth-order valence-electron chi connectivity index (χ4n) is 4.04. The van der Waals surface area contributed by atoms with E-state index in [9.17, 15) is 28.3 Å². The Kier molecular flexibility index (Phi) is 7.76. The minimum absolute atomic E-state index is 0.0125. The topological polar surface area (TPSA) is 152 Å². The van der Waals surface area contributed by atoms with Gasteiger partial charge in [-0.2, -0.15) is 18.4 Å². The summed E-state index contributed by atoms with van der Waals surface area (Å²) in [5.74, 6) is -1.30. The molecule has 196 valence electrons. The lowest BCUT2D eigenvalue weighted by Gasteiger charge is -2.34. The van der Waals surface area contributed by atoms with E-state index in [1.54, 1.807) is 11.0 Å². The molecule has 37 heavy (non-hydrogen) atoms. The van der Waals surface area contributed by atoms with Gasteiger partial charge in [0.2, 0.25) is 0 Å². The number of nitrogens with two attached hydrogens (primary N) is 1. The van der Waals surface area contributed by atoms with E-state index in [0.717, 1.165) is 12.1 Å². The second-order valence-electron chi connectivity index (χ2n) is 9.86. The number of halogens is 3. The number of nitriles is 1. The summed E-state index contributed by atoms with van der Waals surface area (Å²) in [6.07, 6.45) is -0.616. The molecule has 3 rings (SSSR count). The van der Waals surface area contributed by atoms with Gasteiger partial charge >= 0.3 is 6.18 Å². The summed E-state index contributed by atoms with van der Waals surface area (Å²) in [4.78, 5) is 22.6. The number of nitrogen functional groups attached to an aromatic ring is 1. The number of rotatable bonds is 5. The summed E-state index contributed by atoms with van der Waals surface area (Å²) in [5.41, 5.74) is 4.25. The fraction of sp³-hybridized carbons (Fsp3) is 0.400. The molecular weight excluding hydrogens is 487 g/mol. The van der Waals surface area contributed by atoms with E-state index in [0.29, 0.717) is 25.5 Å². The number of piperidine rings is 1. The molecule has 1 aliphatic rings. The Hall–Kier alpha value is -4.14. The minimum Gasteiger partial charge on any atom is -0.507 e. The highest BCUT2D eigenvalue weighted by Gasteiger charge is 2.34. The number of benzene rings is 1. The highest BCUT2D eigenvalue weighted by molar-refractivity contribution is 6.16. The maximum atomic E-state index is 13.0. The van der Waals surface area contributed by atoms with E-state index < -0.39 is 17.5 Å². The molecule has 1 fully saturated rings. The second kappa shape index (κ2) is 10.5. The lowest BCUT2D eigenvalue weighted by atomic mass is 9.93. The largest absolute Gasteiger partial charge is 0.507 e. The van der Waals surface area contributed by atoms with Gasteiger partial charge in [0.15, 0.2) is 0 Å². The van der Waals surface area contributed by atoms with Crippen LogP contribution in [0.25, 0.3) is 0 Å². The van der Waals surface area contributed by atoms with Crippen molar-refractivity contribution in [2.45, 2.75) is 45.8 Å². The monoisotopic (exact) mass is 515 g/mol. The number of nitrogens with one attached hydrogen (secondary N) is 2. The predicted octanol–water partition coefficient (Wildman–Crippen LogP) is 4.10. The number of phenols is 1. The van der Waals surface area contributed by atoms with Crippen LogP contribution in [0.4, 0.5) is 24.8 Å². The van der Waals surface area contributed by atoms with Crippen molar-refractivity contribution in [3.63, 3.8) is 0 Å². The van der Waals surface area contributed by atoms with Crippen molar-refractivity contribution in [1.29, 1.82) is 10.7 Å². The van der Waals surface area contributed by atoms with E-state index in [-0.39, 0.29) is 58.0 Å². The number of anilines is 2. The Morgan fingerprint density at radius 2 is 2.03 bits per heavy atom. The van der Waals surface area contributed by atoms with Crippen LogP contribution < -0.4 is 11.1 Å². The van der Waals surface area contributed by atoms with Crippen LogP contribution >= 0.6 is 0 Å². The van der Waals surface area contributed by atoms with Gasteiger partial charge < -0.3 is 21.1 Å². The number of phenolic OH excluding ortho intramolecular Hbond substituents is 1. The Balaban J connectivity index is 1.85. The van der Waals surface area contributed by atoms with Crippen LogP contribution in [-0.2, 0) is 11.0 Å². The number of amides is 1. The van der Waals surface area contributed by atoms with Gasteiger partial charge in [0, 0.05) is 24.7 Å². The van der Waals surface area contributed by atoms with Gasteiger partial charge in [-0.15, -0.1) is 0 Å². The van der Waals surface area contributed by atoms with E-state index in [1.165, 1.54) is 6.33 Å². The number of allylic oxidation sites excluding steroid dienone is 1. The SMILES string of the molecule is CC(C)(C)/C=C(\C#N)C(=O)N1CCCC(Nc2ncnc(N)c2C(=N)c2ccc(C(F)(F)F)c(O)c2)C1. The molecule has 1 aliphatic heterocycles.